The molecular formula is C13H11N5O3S. The number of benzene rings is 1. The van der Waals surface area contributed by atoms with Gasteiger partial charge >= 0.3 is 5.69 Å². The topological polar surface area (TPSA) is 120 Å². The number of nitriles is 1. The third-order valence-electron chi connectivity index (χ3n) is 3.30. The first-order valence-corrected chi connectivity index (χ1v) is 6.44. The first kappa shape index (κ1) is 15.4. The van der Waals surface area contributed by atoms with Crippen molar-refractivity contribution in [2.45, 2.75) is 0 Å². The summed E-state index contributed by atoms with van der Waals surface area (Å²) in [6.07, 6.45) is 1.25. The summed E-state index contributed by atoms with van der Waals surface area (Å²) in [7, 11) is 3.09. The number of rotatable bonds is 3. The Bertz CT molecular complexity index is 945. The lowest BCUT2D eigenvalue weighted by Crippen LogP contribution is -2.19. The molecule has 0 aliphatic carbocycles. The normalized spacial score (nSPS) is 11.4. The van der Waals surface area contributed by atoms with E-state index in [1.165, 1.54) is 34.4 Å². The van der Waals surface area contributed by atoms with Crippen molar-refractivity contribution in [3.63, 3.8) is 0 Å². The van der Waals surface area contributed by atoms with Crippen molar-refractivity contribution in [3.05, 3.63) is 43.9 Å². The predicted molar refractivity (Wildman–Crippen MR) is 85.2 cm³/mol. The Morgan fingerprint density at radius 3 is 2.41 bits per heavy atom. The molecule has 2 aromatic rings. The SMILES string of the molecule is Cn1c(=O)n(C)c2cc([N+](=O)[O-])c(C=C(C#N)C(N)=S)cc21. The summed E-state index contributed by atoms with van der Waals surface area (Å²) in [4.78, 5) is 22.4. The number of nitro groups is 1. The maximum absolute atomic E-state index is 11.9. The number of thiocarbonyl (C=S) groups is 1. The first-order chi connectivity index (χ1) is 10.3. The number of hydrogen-bond acceptors (Lipinski definition) is 5. The lowest BCUT2D eigenvalue weighted by Gasteiger charge is -2.02. The van der Waals surface area contributed by atoms with E-state index in [4.69, 9.17) is 23.2 Å². The van der Waals surface area contributed by atoms with E-state index in [0.717, 1.165) is 0 Å². The van der Waals surface area contributed by atoms with Gasteiger partial charge in [0.05, 0.1) is 27.1 Å². The fourth-order valence-electron chi connectivity index (χ4n) is 2.14. The van der Waals surface area contributed by atoms with Gasteiger partial charge < -0.3 is 5.73 Å². The average Bonchev–Trinajstić information content (AvgIpc) is 2.68. The lowest BCUT2D eigenvalue weighted by molar-refractivity contribution is -0.385. The summed E-state index contributed by atoms with van der Waals surface area (Å²) in [6, 6.07) is 4.55. The van der Waals surface area contributed by atoms with E-state index in [0.29, 0.717) is 11.0 Å². The highest BCUT2D eigenvalue weighted by Gasteiger charge is 2.19. The molecule has 1 aromatic heterocycles. The molecule has 2 N–H and O–H groups in total. The summed E-state index contributed by atoms with van der Waals surface area (Å²) in [6.45, 7) is 0. The van der Waals surface area contributed by atoms with Gasteiger partial charge in [-0.15, -0.1) is 0 Å². The molecule has 0 atom stereocenters. The van der Waals surface area contributed by atoms with E-state index in [-0.39, 0.29) is 27.5 Å². The summed E-state index contributed by atoms with van der Waals surface area (Å²) in [5.41, 5.74) is 5.90. The van der Waals surface area contributed by atoms with Crippen molar-refractivity contribution < 1.29 is 4.92 Å². The van der Waals surface area contributed by atoms with Gasteiger partial charge in [-0.3, -0.25) is 19.2 Å². The van der Waals surface area contributed by atoms with Gasteiger partial charge in [-0.2, -0.15) is 5.26 Å². The Labute approximate surface area is 129 Å². The maximum Gasteiger partial charge on any atom is 0.328 e. The largest absolute Gasteiger partial charge is 0.389 e. The van der Waals surface area contributed by atoms with Crippen LogP contribution in [0.25, 0.3) is 17.1 Å². The van der Waals surface area contributed by atoms with Crippen LogP contribution in [-0.2, 0) is 14.1 Å². The smallest absolute Gasteiger partial charge is 0.328 e. The summed E-state index contributed by atoms with van der Waals surface area (Å²) in [5.74, 6) is 0. The second kappa shape index (κ2) is 5.42. The van der Waals surface area contributed by atoms with Gasteiger partial charge in [0.25, 0.3) is 5.69 Å². The molecule has 0 saturated heterocycles. The van der Waals surface area contributed by atoms with E-state index in [2.05, 4.69) is 0 Å². The van der Waals surface area contributed by atoms with Gasteiger partial charge in [0.15, 0.2) is 0 Å². The first-order valence-electron chi connectivity index (χ1n) is 6.03. The van der Waals surface area contributed by atoms with E-state index in [1.54, 1.807) is 13.1 Å². The minimum absolute atomic E-state index is 0.0432. The van der Waals surface area contributed by atoms with Crippen LogP contribution in [0.4, 0.5) is 5.69 Å². The molecule has 0 aliphatic rings. The van der Waals surface area contributed by atoms with Gasteiger partial charge in [-0.25, -0.2) is 4.79 Å². The molecule has 0 saturated carbocycles. The number of aromatic nitrogens is 2. The van der Waals surface area contributed by atoms with Crippen LogP contribution in [-0.4, -0.2) is 19.0 Å². The molecule has 8 nitrogen and oxygen atoms in total. The van der Waals surface area contributed by atoms with Crippen LogP contribution in [0.1, 0.15) is 5.56 Å². The Morgan fingerprint density at radius 2 is 1.95 bits per heavy atom. The maximum atomic E-state index is 11.9. The van der Waals surface area contributed by atoms with Gasteiger partial charge in [-0.05, 0) is 12.1 Å². The monoisotopic (exact) mass is 317 g/mol. The molecule has 1 aromatic carbocycles. The van der Waals surface area contributed by atoms with Crippen LogP contribution in [0, 0.1) is 21.4 Å². The summed E-state index contributed by atoms with van der Waals surface area (Å²) in [5, 5.41) is 20.2. The molecule has 0 aliphatic heterocycles. The van der Waals surface area contributed by atoms with E-state index < -0.39 is 4.92 Å². The Balaban J connectivity index is 2.89. The highest BCUT2D eigenvalue weighted by molar-refractivity contribution is 7.80. The van der Waals surface area contributed by atoms with E-state index in [9.17, 15) is 14.9 Å². The molecule has 22 heavy (non-hydrogen) atoms. The fraction of sp³-hybridized carbons (Fsp3) is 0.154. The molecule has 0 unspecified atom stereocenters. The minimum Gasteiger partial charge on any atom is -0.389 e. The number of fused-ring (bicyclic) bond motifs is 1. The van der Waals surface area contributed by atoms with Gasteiger partial charge in [0, 0.05) is 20.2 Å². The Hall–Kier alpha value is -2.99. The van der Waals surface area contributed by atoms with Crippen LogP contribution in [0.2, 0.25) is 0 Å². The third kappa shape index (κ3) is 2.36. The molecule has 0 fully saturated rings. The average molecular weight is 317 g/mol. The van der Waals surface area contributed by atoms with Crippen molar-refractivity contribution in [1.82, 2.24) is 9.13 Å². The van der Waals surface area contributed by atoms with Crippen molar-refractivity contribution in [1.29, 1.82) is 5.26 Å². The molecule has 9 heteroatoms. The van der Waals surface area contributed by atoms with Gasteiger partial charge in [0.1, 0.15) is 11.1 Å². The summed E-state index contributed by atoms with van der Waals surface area (Å²) < 4.78 is 2.68. The molecule has 0 radical (unpaired) electrons. The number of nitro benzene ring substituents is 1. The van der Waals surface area contributed by atoms with Crippen LogP contribution in [0.3, 0.4) is 0 Å². The van der Waals surface area contributed by atoms with Crippen molar-refractivity contribution in [2.75, 3.05) is 0 Å². The predicted octanol–water partition coefficient (Wildman–Crippen LogP) is 0.978. The molecular weight excluding hydrogens is 306 g/mol. The molecule has 0 bridgehead atoms. The molecule has 1 heterocycles. The molecule has 112 valence electrons. The fourth-order valence-corrected chi connectivity index (χ4v) is 2.24. The second-order valence-electron chi connectivity index (χ2n) is 4.59. The van der Waals surface area contributed by atoms with Crippen LogP contribution < -0.4 is 11.4 Å². The molecule has 2 rings (SSSR count). The standard InChI is InChI=1S/C13H11N5O3S/c1-16-10-4-7(3-8(6-14)12(15)22)9(18(20)21)5-11(10)17(2)13(16)19/h3-5H,1-2H3,(H2,15,22). The van der Waals surface area contributed by atoms with Crippen LogP contribution in [0.5, 0.6) is 0 Å². The third-order valence-corrected chi connectivity index (χ3v) is 3.52. The van der Waals surface area contributed by atoms with Crippen LogP contribution >= 0.6 is 12.2 Å². The number of hydrogen-bond donors (Lipinski definition) is 1. The zero-order valence-electron chi connectivity index (χ0n) is 11.7. The summed E-state index contributed by atoms with van der Waals surface area (Å²) >= 11 is 4.73. The lowest BCUT2D eigenvalue weighted by atomic mass is 10.1. The van der Waals surface area contributed by atoms with Gasteiger partial charge in [-0.1, -0.05) is 12.2 Å². The van der Waals surface area contributed by atoms with Gasteiger partial charge in [0.2, 0.25) is 0 Å². The minimum atomic E-state index is -0.586. The quantitative estimate of drug-likeness (QED) is 0.296. The zero-order chi connectivity index (χ0) is 16.6. The second-order valence-corrected chi connectivity index (χ2v) is 5.03. The van der Waals surface area contributed by atoms with Crippen molar-refractivity contribution >= 4 is 40.0 Å². The molecule has 0 spiro atoms. The number of imidazole rings is 1. The van der Waals surface area contributed by atoms with Crippen molar-refractivity contribution in [3.8, 4) is 6.07 Å². The number of aryl methyl sites for hydroxylation is 2. The number of nitrogens with zero attached hydrogens (tertiary/aromatic N) is 4. The highest BCUT2D eigenvalue weighted by Crippen LogP contribution is 2.27. The van der Waals surface area contributed by atoms with Crippen molar-refractivity contribution in [2.24, 2.45) is 19.8 Å². The van der Waals surface area contributed by atoms with E-state index >= 15 is 0 Å². The Morgan fingerprint density at radius 1 is 1.41 bits per heavy atom. The van der Waals surface area contributed by atoms with E-state index in [1.807, 2.05) is 0 Å². The highest BCUT2D eigenvalue weighted by atomic mass is 32.1. The zero-order valence-corrected chi connectivity index (χ0v) is 12.5. The molecule has 0 amide bonds. The van der Waals surface area contributed by atoms with Crippen LogP contribution in [0.15, 0.2) is 22.5 Å². The Kier molecular flexibility index (Phi) is 3.79. The number of nitrogens with two attached hydrogens (primary N) is 1.